The first kappa shape index (κ1) is 27.1. The van der Waals surface area contributed by atoms with Gasteiger partial charge in [0.25, 0.3) is 5.24 Å². The highest BCUT2D eigenvalue weighted by Crippen LogP contribution is 2.32. The molecule has 36 heavy (non-hydrogen) atoms. The van der Waals surface area contributed by atoms with Gasteiger partial charge in [0.15, 0.2) is 6.10 Å². The molecule has 13 heteroatoms. The Labute approximate surface area is 213 Å². The zero-order valence-corrected chi connectivity index (χ0v) is 19.9. The van der Waals surface area contributed by atoms with Crippen LogP contribution in [0, 0.1) is 0 Å². The molecule has 8 nitrogen and oxygen atoms in total. The number of rotatable bonds is 7. The predicted octanol–water partition coefficient (Wildman–Crippen LogP) is 5.02. The summed E-state index contributed by atoms with van der Waals surface area (Å²) in [6, 6.07) is 11.1. The first-order valence-electron chi connectivity index (χ1n) is 10.3. The highest BCUT2D eigenvalue weighted by atomic mass is 35.5. The predicted molar refractivity (Wildman–Crippen MR) is 126 cm³/mol. The van der Waals surface area contributed by atoms with Crippen LogP contribution in [-0.2, 0) is 22.1 Å². The maximum atomic E-state index is 13.2. The number of imidazole rings is 1. The summed E-state index contributed by atoms with van der Waals surface area (Å²) in [4.78, 5) is 39.2. The third kappa shape index (κ3) is 6.79. The van der Waals surface area contributed by atoms with E-state index in [0.29, 0.717) is 12.2 Å². The molecule has 2 heterocycles. The van der Waals surface area contributed by atoms with Crippen molar-refractivity contribution in [2.45, 2.75) is 24.0 Å². The van der Waals surface area contributed by atoms with Crippen LogP contribution >= 0.6 is 24.2 Å². The van der Waals surface area contributed by atoms with E-state index in [1.54, 1.807) is 24.3 Å². The number of benzene rings is 2. The number of carbonyl (C=O) groups is 3. The number of aromatic nitrogens is 2. The molecule has 4 rings (SSSR count). The molecular formula is C23H19ClF3N3O5S. The van der Waals surface area contributed by atoms with Gasteiger partial charge in [-0.15, -0.1) is 12.4 Å². The first-order chi connectivity index (χ1) is 16.7. The normalized spacial score (nSPS) is 16.1. The quantitative estimate of drug-likeness (QED) is 0.448. The van der Waals surface area contributed by atoms with Crippen molar-refractivity contribution < 1.29 is 37.0 Å². The molecule has 1 fully saturated rings. The van der Waals surface area contributed by atoms with Gasteiger partial charge in [-0.05, 0) is 41.8 Å². The molecule has 1 saturated heterocycles. The number of nitrogens with zero attached hydrogens (tertiary/aromatic N) is 2. The Morgan fingerprint density at radius 2 is 1.92 bits per heavy atom. The molecule has 0 radical (unpaired) electrons. The molecule has 2 atom stereocenters. The second-order valence-electron chi connectivity index (χ2n) is 7.51. The monoisotopic (exact) mass is 541 g/mol. The topological polar surface area (TPSA) is 99.5 Å². The molecule has 0 bridgehead atoms. The van der Waals surface area contributed by atoms with E-state index in [1.165, 1.54) is 30.9 Å². The largest absolute Gasteiger partial charge is 0.489 e. The lowest BCUT2D eigenvalue weighted by atomic mass is 10.1. The third-order valence-corrected chi connectivity index (χ3v) is 6.04. The second kappa shape index (κ2) is 11.5. The lowest BCUT2D eigenvalue weighted by Crippen LogP contribution is -2.25. The number of halogens is 4. The van der Waals surface area contributed by atoms with Gasteiger partial charge in [0.1, 0.15) is 18.7 Å². The van der Waals surface area contributed by atoms with E-state index < -0.39 is 29.2 Å². The summed E-state index contributed by atoms with van der Waals surface area (Å²) in [5.41, 5.74) is 0.0230. The zero-order chi connectivity index (χ0) is 25.0. The minimum absolute atomic E-state index is 0. The van der Waals surface area contributed by atoms with Crippen LogP contribution in [0.5, 0.6) is 5.75 Å². The van der Waals surface area contributed by atoms with Crippen LogP contribution in [0.4, 0.5) is 22.8 Å². The Morgan fingerprint density at radius 3 is 2.53 bits per heavy atom. The number of carbonyl (C=O) groups excluding carboxylic acids is 3. The molecule has 3 aromatic rings. The molecule has 0 aliphatic carbocycles. The Morgan fingerprint density at radius 1 is 1.17 bits per heavy atom. The van der Waals surface area contributed by atoms with Gasteiger partial charge < -0.3 is 9.47 Å². The highest BCUT2D eigenvalue weighted by molar-refractivity contribution is 8.15. The Bertz CT molecular complexity index is 1220. The van der Waals surface area contributed by atoms with Gasteiger partial charge in [0, 0.05) is 12.4 Å². The number of hydrogen-bond acceptors (Lipinski definition) is 7. The molecule has 1 aromatic heterocycles. The van der Waals surface area contributed by atoms with E-state index >= 15 is 0 Å². The Hall–Kier alpha value is -3.51. The number of imide groups is 1. The molecule has 0 saturated carbocycles. The number of amides is 2. The summed E-state index contributed by atoms with van der Waals surface area (Å²) in [6.45, 7) is -0.253. The minimum Gasteiger partial charge on any atom is -0.489 e. The van der Waals surface area contributed by atoms with Crippen LogP contribution in [0.3, 0.4) is 0 Å². The smallest absolute Gasteiger partial charge is 0.419 e. The van der Waals surface area contributed by atoms with E-state index in [2.05, 4.69) is 10.3 Å². The lowest BCUT2D eigenvalue weighted by molar-refractivity contribution is -0.137. The molecule has 1 N–H and O–H groups in total. The summed E-state index contributed by atoms with van der Waals surface area (Å²) < 4.78 is 51.8. The van der Waals surface area contributed by atoms with Crippen molar-refractivity contribution in [1.29, 1.82) is 0 Å². The lowest BCUT2D eigenvalue weighted by Gasteiger charge is -2.20. The van der Waals surface area contributed by atoms with Crippen molar-refractivity contribution in [1.82, 2.24) is 14.9 Å². The second-order valence-corrected chi connectivity index (χ2v) is 8.68. The number of nitrogens with one attached hydrogen (secondary N) is 1. The van der Waals surface area contributed by atoms with Gasteiger partial charge >= 0.3 is 12.3 Å². The van der Waals surface area contributed by atoms with E-state index in [-0.39, 0.29) is 35.7 Å². The van der Waals surface area contributed by atoms with Gasteiger partial charge in [0.05, 0.1) is 10.8 Å². The van der Waals surface area contributed by atoms with Crippen molar-refractivity contribution in [2.75, 3.05) is 6.61 Å². The SMILES string of the molecule is Cl.O=C1NC(=O)C(Cc2ccc(OCC(OC(=O)n3ccnc3)c3cccc(C(F)(F)F)c3)cc2)S1. The molecule has 2 amide bonds. The zero-order valence-electron chi connectivity index (χ0n) is 18.3. The fourth-order valence-corrected chi connectivity index (χ4v) is 4.16. The molecular weight excluding hydrogens is 523 g/mol. The maximum Gasteiger partial charge on any atom is 0.419 e. The van der Waals surface area contributed by atoms with Crippen molar-refractivity contribution in [3.8, 4) is 5.75 Å². The van der Waals surface area contributed by atoms with Gasteiger partial charge in [-0.1, -0.05) is 36.0 Å². The van der Waals surface area contributed by atoms with Crippen LogP contribution in [0.15, 0.2) is 67.3 Å². The molecule has 0 spiro atoms. The van der Waals surface area contributed by atoms with Crippen molar-refractivity contribution in [2.24, 2.45) is 0 Å². The average molecular weight is 542 g/mol. The van der Waals surface area contributed by atoms with Crippen molar-refractivity contribution >= 4 is 41.4 Å². The Balaban J connectivity index is 0.00000361. The third-order valence-electron chi connectivity index (χ3n) is 5.06. The van der Waals surface area contributed by atoms with Gasteiger partial charge in [-0.3, -0.25) is 14.9 Å². The van der Waals surface area contributed by atoms with E-state index in [4.69, 9.17) is 9.47 Å². The van der Waals surface area contributed by atoms with Gasteiger partial charge in [0.2, 0.25) is 5.91 Å². The first-order valence-corrected chi connectivity index (χ1v) is 11.2. The minimum atomic E-state index is -4.56. The fourth-order valence-electron chi connectivity index (χ4n) is 3.30. The number of hydrogen-bond donors (Lipinski definition) is 1. The van der Waals surface area contributed by atoms with Crippen LogP contribution in [-0.4, -0.2) is 38.6 Å². The van der Waals surface area contributed by atoms with Crippen molar-refractivity contribution in [3.05, 3.63) is 83.9 Å². The summed E-state index contributed by atoms with van der Waals surface area (Å²) in [6.07, 6.45) is -2.27. The number of thioether (sulfide) groups is 1. The molecule has 2 aromatic carbocycles. The standard InChI is InChI=1S/C23H18F3N3O5S.ClH/c24-23(25,26)16-3-1-2-15(11-16)18(34-22(32)29-9-8-27-13-29)12-33-17-6-4-14(5-7-17)10-19-20(30)28-21(31)35-19;/h1-9,11,13,18-19H,10,12H2,(H,28,30,31);1H. The van der Waals surface area contributed by atoms with Crippen LogP contribution < -0.4 is 10.1 Å². The van der Waals surface area contributed by atoms with E-state index in [1.807, 2.05) is 0 Å². The van der Waals surface area contributed by atoms with Gasteiger partial charge in [-0.25, -0.2) is 14.3 Å². The molecule has 190 valence electrons. The molecule has 1 aliphatic rings. The summed E-state index contributed by atoms with van der Waals surface area (Å²) >= 11 is 0.926. The van der Waals surface area contributed by atoms with E-state index in [0.717, 1.165) is 34.0 Å². The van der Waals surface area contributed by atoms with Crippen LogP contribution in [0.2, 0.25) is 0 Å². The van der Waals surface area contributed by atoms with Crippen LogP contribution in [0.25, 0.3) is 0 Å². The summed E-state index contributed by atoms with van der Waals surface area (Å²) in [7, 11) is 0. The summed E-state index contributed by atoms with van der Waals surface area (Å²) in [5, 5.41) is 1.33. The van der Waals surface area contributed by atoms with Crippen LogP contribution in [0.1, 0.15) is 22.8 Å². The maximum absolute atomic E-state index is 13.2. The number of ether oxygens (including phenoxy) is 2. The highest BCUT2D eigenvalue weighted by Gasteiger charge is 2.32. The van der Waals surface area contributed by atoms with E-state index in [9.17, 15) is 27.6 Å². The molecule has 2 unspecified atom stereocenters. The summed E-state index contributed by atoms with van der Waals surface area (Å²) in [5.74, 6) is 0.0352. The number of alkyl halides is 3. The Kier molecular flexibility index (Phi) is 8.64. The fraction of sp³-hybridized carbons (Fsp3) is 0.217. The molecule has 1 aliphatic heterocycles. The average Bonchev–Trinajstić information content (AvgIpc) is 3.47. The van der Waals surface area contributed by atoms with Gasteiger partial charge in [-0.2, -0.15) is 13.2 Å². The van der Waals surface area contributed by atoms with Crippen molar-refractivity contribution in [3.63, 3.8) is 0 Å².